The minimum absolute atomic E-state index is 0.0717. The molecule has 1 aliphatic carbocycles. The van der Waals surface area contributed by atoms with Gasteiger partial charge in [-0.1, -0.05) is 20.3 Å². The van der Waals surface area contributed by atoms with Crippen LogP contribution >= 0.6 is 0 Å². The number of hydrogen-bond acceptors (Lipinski definition) is 4. The van der Waals surface area contributed by atoms with Crippen molar-refractivity contribution in [3.05, 3.63) is 22.7 Å². The van der Waals surface area contributed by atoms with Gasteiger partial charge in [0.05, 0.1) is 5.92 Å². The van der Waals surface area contributed by atoms with Crippen molar-refractivity contribution in [2.45, 2.75) is 39.7 Å². The molecule has 0 aliphatic heterocycles. The van der Waals surface area contributed by atoms with E-state index in [1.807, 2.05) is 0 Å². The maximum atomic E-state index is 12.2. The second-order valence-corrected chi connectivity index (χ2v) is 6.14. The molecule has 6 heteroatoms. The molecule has 2 rings (SSSR count). The van der Waals surface area contributed by atoms with Crippen LogP contribution < -0.4 is 10.9 Å². The highest BCUT2D eigenvalue weighted by atomic mass is 16.4. The van der Waals surface area contributed by atoms with Gasteiger partial charge in [0.25, 0.3) is 5.56 Å². The Morgan fingerprint density at radius 1 is 1.52 bits per heavy atom. The summed E-state index contributed by atoms with van der Waals surface area (Å²) in [6, 6.07) is 0. The van der Waals surface area contributed by atoms with Gasteiger partial charge in [-0.2, -0.15) is 0 Å². The van der Waals surface area contributed by atoms with Crippen LogP contribution in [0.15, 0.2) is 17.2 Å². The van der Waals surface area contributed by atoms with Crippen molar-refractivity contribution in [2.75, 3.05) is 11.9 Å². The summed E-state index contributed by atoms with van der Waals surface area (Å²) in [5, 5.41) is 12.2. The van der Waals surface area contributed by atoms with Crippen LogP contribution in [0.5, 0.6) is 0 Å². The summed E-state index contributed by atoms with van der Waals surface area (Å²) in [6.45, 7) is 5.24. The third kappa shape index (κ3) is 3.83. The molecule has 1 heterocycles. The Morgan fingerprint density at radius 2 is 2.29 bits per heavy atom. The first-order valence-corrected chi connectivity index (χ1v) is 7.51. The zero-order valence-corrected chi connectivity index (χ0v) is 12.6. The highest BCUT2D eigenvalue weighted by Gasteiger charge is 2.32. The molecule has 1 aliphatic rings. The molecule has 2 N–H and O–H groups in total. The number of anilines is 1. The lowest BCUT2D eigenvalue weighted by Crippen LogP contribution is -2.29. The average molecular weight is 293 g/mol. The van der Waals surface area contributed by atoms with Gasteiger partial charge in [-0.05, 0) is 24.7 Å². The van der Waals surface area contributed by atoms with Gasteiger partial charge in [0, 0.05) is 25.5 Å². The number of hydrogen-bond donors (Lipinski definition) is 2. The number of carbonyl (C=O) groups is 1. The van der Waals surface area contributed by atoms with Crippen LogP contribution in [0.2, 0.25) is 0 Å². The molecular weight excluding hydrogens is 270 g/mol. The molecule has 0 radical (unpaired) electrons. The Morgan fingerprint density at radius 3 is 2.95 bits per heavy atom. The molecule has 116 valence electrons. The minimum Gasteiger partial charge on any atom is -0.481 e. The number of nitrogens with zero attached hydrogens (tertiary/aromatic N) is 2. The third-order valence-corrected chi connectivity index (χ3v) is 3.98. The van der Waals surface area contributed by atoms with Crippen molar-refractivity contribution in [1.82, 2.24) is 9.55 Å². The van der Waals surface area contributed by atoms with E-state index in [-0.39, 0.29) is 17.4 Å². The van der Waals surface area contributed by atoms with Crippen LogP contribution in [0, 0.1) is 17.8 Å². The van der Waals surface area contributed by atoms with Crippen LogP contribution in [0.3, 0.4) is 0 Å². The molecule has 2 atom stereocenters. The number of aliphatic carboxylic acids is 1. The highest BCUT2D eigenvalue weighted by molar-refractivity contribution is 5.70. The topological polar surface area (TPSA) is 84.2 Å². The normalized spacial score (nSPS) is 21.7. The Hall–Kier alpha value is -1.85. The molecule has 0 saturated heterocycles. The first-order chi connectivity index (χ1) is 9.99. The van der Waals surface area contributed by atoms with Gasteiger partial charge >= 0.3 is 5.97 Å². The summed E-state index contributed by atoms with van der Waals surface area (Å²) in [7, 11) is 0. The summed E-state index contributed by atoms with van der Waals surface area (Å²) >= 11 is 0. The molecular formula is C15H23N3O3. The van der Waals surface area contributed by atoms with Gasteiger partial charge < -0.3 is 15.0 Å². The molecule has 0 amide bonds. The van der Waals surface area contributed by atoms with E-state index in [2.05, 4.69) is 24.1 Å². The van der Waals surface area contributed by atoms with Crippen molar-refractivity contribution in [3.8, 4) is 0 Å². The zero-order valence-electron chi connectivity index (χ0n) is 12.6. The smallest absolute Gasteiger partial charge is 0.306 e. The maximum absolute atomic E-state index is 12.2. The van der Waals surface area contributed by atoms with Gasteiger partial charge in [0.2, 0.25) is 0 Å². The van der Waals surface area contributed by atoms with E-state index in [0.29, 0.717) is 24.8 Å². The van der Waals surface area contributed by atoms with Crippen molar-refractivity contribution >= 4 is 11.8 Å². The Kier molecular flexibility index (Phi) is 4.98. The van der Waals surface area contributed by atoms with Crippen LogP contribution in [0.25, 0.3) is 0 Å². The van der Waals surface area contributed by atoms with Gasteiger partial charge in [0.15, 0.2) is 5.82 Å². The van der Waals surface area contributed by atoms with Crippen LogP contribution in [0.4, 0.5) is 5.82 Å². The molecule has 0 aromatic carbocycles. The van der Waals surface area contributed by atoms with Crippen LogP contribution in [0.1, 0.15) is 33.1 Å². The van der Waals surface area contributed by atoms with E-state index < -0.39 is 5.97 Å². The summed E-state index contributed by atoms with van der Waals surface area (Å²) in [5.74, 6) is -0.280. The van der Waals surface area contributed by atoms with Crippen molar-refractivity contribution in [2.24, 2.45) is 17.8 Å². The highest BCUT2D eigenvalue weighted by Crippen LogP contribution is 2.31. The molecule has 1 aromatic heterocycles. The average Bonchev–Trinajstić information content (AvgIpc) is 2.88. The third-order valence-electron chi connectivity index (χ3n) is 3.98. The van der Waals surface area contributed by atoms with E-state index in [4.69, 9.17) is 5.11 Å². The molecule has 1 saturated carbocycles. The van der Waals surface area contributed by atoms with Crippen molar-refractivity contribution < 1.29 is 9.90 Å². The summed E-state index contributed by atoms with van der Waals surface area (Å²) in [5.41, 5.74) is -0.143. The lowest BCUT2D eigenvalue weighted by Gasteiger charge is -2.17. The van der Waals surface area contributed by atoms with Crippen molar-refractivity contribution in [1.29, 1.82) is 0 Å². The van der Waals surface area contributed by atoms with Gasteiger partial charge in [-0.25, -0.2) is 4.98 Å². The summed E-state index contributed by atoms with van der Waals surface area (Å²) in [6.07, 6.45) is 5.83. The zero-order chi connectivity index (χ0) is 15.4. The van der Waals surface area contributed by atoms with E-state index in [1.54, 1.807) is 17.0 Å². The number of rotatable bonds is 6. The molecule has 6 nitrogen and oxygen atoms in total. The maximum Gasteiger partial charge on any atom is 0.306 e. The SMILES string of the molecule is CC(C)Cn1ccnc(NCC2CCCC2C(=O)O)c1=O. The fourth-order valence-electron chi connectivity index (χ4n) is 2.94. The molecule has 1 aromatic rings. The minimum atomic E-state index is -0.738. The Balaban J connectivity index is 2.03. The number of carboxylic acid groups (broad SMARTS) is 1. The van der Waals surface area contributed by atoms with E-state index in [9.17, 15) is 9.59 Å². The number of carboxylic acids is 1. The van der Waals surface area contributed by atoms with Crippen molar-refractivity contribution in [3.63, 3.8) is 0 Å². The fourth-order valence-corrected chi connectivity index (χ4v) is 2.94. The quantitative estimate of drug-likeness (QED) is 0.835. The first-order valence-electron chi connectivity index (χ1n) is 7.51. The molecule has 1 fully saturated rings. The number of aromatic nitrogens is 2. The summed E-state index contributed by atoms with van der Waals surface area (Å²) < 4.78 is 1.64. The monoisotopic (exact) mass is 293 g/mol. The predicted molar refractivity (Wildman–Crippen MR) is 80.3 cm³/mol. The first kappa shape index (κ1) is 15.5. The largest absolute Gasteiger partial charge is 0.481 e. The van der Waals surface area contributed by atoms with Gasteiger partial charge in [-0.15, -0.1) is 0 Å². The van der Waals surface area contributed by atoms with Gasteiger partial charge in [-0.3, -0.25) is 9.59 Å². The second-order valence-electron chi connectivity index (χ2n) is 6.14. The molecule has 0 bridgehead atoms. The summed E-state index contributed by atoms with van der Waals surface area (Å²) in [4.78, 5) is 27.5. The lowest BCUT2D eigenvalue weighted by atomic mass is 9.96. The van der Waals surface area contributed by atoms with E-state index in [0.717, 1.165) is 19.3 Å². The van der Waals surface area contributed by atoms with Crippen LogP contribution in [-0.2, 0) is 11.3 Å². The number of nitrogens with one attached hydrogen (secondary N) is 1. The second kappa shape index (κ2) is 6.74. The molecule has 21 heavy (non-hydrogen) atoms. The molecule has 0 spiro atoms. The molecule has 2 unspecified atom stereocenters. The lowest BCUT2D eigenvalue weighted by molar-refractivity contribution is -0.142. The Labute approximate surface area is 124 Å². The standard InChI is InChI=1S/C15H23N3O3/c1-10(2)9-18-7-6-16-13(14(18)19)17-8-11-4-3-5-12(11)15(20)21/h6-7,10-12H,3-5,8-9H2,1-2H3,(H,16,17)(H,20,21). The van der Waals surface area contributed by atoms with Gasteiger partial charge in [0.1, 0.15) is 0 Å². The predicted octanol–water partition coefficient (Wildman–Crippen LogP) is 1.81. The van der Waals surface area contributed by atoms with E-state index in [1.165, 1.54) is 0 Å². The van der Waals surface area contributed by atoms with Crippen LogP contribution in [-0.4, -0.2) is 27.2 Å². The fraction of sp³-hybridized carbons (Fsp3) is 0.667. The van der Waals surface area contributed by atoms with E-state index >= 15 is 0 Å². The Bertz CT molecular complexity index is 553.